The number of aryl methyl sites for hydroxylation is 2. The molecule has 0 atom stereocenters. The second kappa shape index (κ2) is 5.81. The van der Waals surface area contributed by atoms with Crippen molar-refractivity contribution in [2.75, 3.05) is 0 Å². The van der Waals surface area contributed by atoms with Crippen LogP contribution in [0.25, 0.3) is 0 Å². The fraction of sp³-hybridized carbons (Fsp3) is 0.133. The molecule has 0 amide bonds. The minimum absolute atomic E-state index is 0.0454. The van der Waals surface area contributed by atoms with E-state index in [-0.39, 0.29) is 22.8 Å². The number of aromatic nitrogens is 1. The lowest BCUT2D eigenvalue weighted by atomic mass is 10.1. The van der Waals surface area contributed by atoms with E-state index in [2.05, 4.69) is 4.98 Å². The van der Waals surface area contributed by atoms with Gasteiger partial charge in [-0.25, -0.2) is 9.78 Å². The van der Waals surface area contributed by atoms with E-state index >= 15 is 0 Å². The molecule has 0 saturated carbocycles. The Labute approximate surface area is 126 Å². The molecule has 0 saturated heterocycles. The van der Waals surface area contributed by atoms with Crippen molar-refractivity contribution in [1.82, 2.24) is 4.98 Å². The summed E-state index contributed by atoms with van der Waals surface area (Å²) in [7, 11) is 0. The van der Waals surface area contributed by atoms with E-state index in [0.29, 0.717) is 16.3 Å². The zero-order chi connectivity index (χ0) is 15.6. The van der Waals surface area contributed by atoms with Crippen LogP contribution >= 0.6 is 11.6 Å². The first-order chi connectivity index (χ1) is 9.92. The van der Waals surface area contributed by atoms with Crippen molar-refractivity contribution in [2.24, 2.45) is 0 Å². The van der Waals surface area contributed by atoms with Crippen molar-refractivity contribution in [2.45, 2.75) is 13.8 Å². The summed E-state index contributed by atoms with van der Waals surface area (Å²) in [6, 6.07) is 7.94. The van der Waals surface area contributed by atoms with Gasteiger partial charge in [0.2, 0.25) is 5.88 Å². The Morgan fingerprint density at radius 1 is 1.38 bits per heavy atom. The maximum atomic E-state index is 11.2. The van der Waals surface area contributed by atoms with Crippen molar-refractivity contribution in [3.63, 3.8) is 0 Å². The minimum atomic E-state index is -1.15. The molecule has 106 valence electrons. The molecule has 21 heavy (non-hydrogen) atoms. The predicted molar refractivity (Wildman–Crippen MR) is 76.9 cm³/mol. The van der Waals surface area contributed by atoms with Gasteiger partial charge in [0, 0.05) is 16.8 Å². The Bertz CT molecular complexity index is 766. The molecule has 1 heterocycles. The fourth-order valence-corrected chi connectivity index (χ4v) is 2.04. The summed E-state index contributed by atoms with van der Waals surface area (Å²) in [6.07, 6.45) is 0. The highest BCUT2D eigenvalue weighted by atomic mass is 35.5. The van der Waals surface area contributed by atoms with Crippen LogP contribution in [0.1, 0.15) is 27.2 Å². The van der Waals surface area contributed by atoms with E-state index in [0.717, 1.165) is 0 Å². The maximum Gasteiger partial charge on any atom is 0.339 e. The largest absolute Gasteiger partial charge is 0.478 e. The zero-order valence-electron chi connectivity index (χ0n) is 11.3. The van der Waals surface area contributed by atoms with Crippen LogP contribution in [-0.4, -0.2) is 16.1 Å². The van der Waals surface area contributed by atoms with E-state index in [1.807, 2.05) is 6.07 Å². The number of rotatable bonds is 3. The first-order valence-corrected chi connectivity index (χ1v) is 6.39. The number of hydrogen-bond donors (Lipinski definition) is 1. The highest BCUT2D eigenvalue weighted by molar-refractivity contribution is 6.30. The molecule has 0 unspecified atom stereocenters. The number of hydrogen-bond acceptors (Lipinski definition) is 4. The number of ether oxygens (including phenoxy) is 1. The number of carbonyl (C=O) groups is 1. The lowest BCUT2D eigenvalue weighted by Gasteiger charge is -2.11. The van der Waals surface area contributed by atoms with Gasteiger partial charge in [0.25, 0.3) is 0 Å². The second-order valence-corrected chi connectivity index (χ2v) is 4.86. The van der Waals surface area contributed by atoms with Crippen LogP contribution in [0.3, 0.4) is 0 Å². The maximum absolute atomic E-state index is 11.2. The van der Waals surface area contributed by atoms with Gasteiger partial charge < -0.3 is 9.84 Å². The van der Waals surface area contributed by atoms with Crippen LogP contribution in [-0.2, 0) is 0 Å². The van der Waals surface area contributed by atoms with E-state index < -0.39 is 5.97 Å². The van der Waals surface area contributed by atoms with Gasteiger partial charge in [-0.15, -0.1) is 0 Å². The number of pyridine rings is 1. The molecule has 1 aromatic carbocycles. The molecule has 6 heteroatoms. The van der Waals surface area contributed by atoms with Crippen molar-refractivity contribution in [3.05, 3.63) is 51.7 Å². The molecule has 2 rings (SSSR count). The standard InChI is InChI=1S/C15H11ClN2O3/c1-8-5-9(2)18-14(12(8)7-17)21-13-6-10(16)3-4-11(13)15(19)20/h3-6H,1-2H3,(H,19,20). The number of nitriles is 1. The number of carboxylic acid groups (broad SMARTS) is 1. The predicted octanol–water partition coefficient (Wildman–Crippen LogP) is 3.71. The van der Waals surface area contributed by atoms with E-state index in [1.165, 1.54) is 18.2 Å². The summed E-state index contributed by atoms with van der Waals surface area (Å²) < 4.78 is 5.54. The Morgan fingerprint density at radius 3 is 2.71 bits per heavy atom. The molecule has 0 fully saturated rings. The molecule has 0 radical (unpaired) electrons. The van der Waals surface area contributed by atoms with Crippen LogP contribution in [0, 0.1) is 25.2 Å². The number of benzene rings is 1. The highest BCUT2D eigenvalue weighted by Gasteiger charge is 2.16. The normalized spacial score (nSPS) is 10.0. The third-order valence-corrected chi connectivity index (χ3v) is 3.04. The number of aromatic carboxylic acids is 1. The van der Waals surface area contributed by atoms with Gasteiger partial charge in [0.1, 0.15) is 22.9 Å². The Morgan fingerprint density at radius 2 is 2.10 bits per heavy atom. The molecular weight excluding hydrogens is 292 g/mol. The van der Waals surface area contributed by atoms with Crippen molar-refractivity contribution >= 4 is 17.6 Å². The molecule has 0 bridgehead atoms. The molecule has 5 nitrogen and oxygen atoms in total. The molecule has 0 spiro atoms. The Hall–Kier alpha value is -2.58. The third kappa shape index (κ3) is 3.12. The number of carboxylic acids is 1. The summed E-state index contributed by atoms with van der Waals surface area (Å²) in [4.78, 5) is 15.4. The van der Waals surface area contributed by atoms with Crippen LogP contribution in [0.4, 0.5) is 0 Å². The topological polar surface area (TPSA) is 83.2 Å². The lowest BCUT2D eigenvalue weighted by Crippen LogP contribution is -2.02. The number of halogens is 1. The van der Waals surface area contributed by atoms with E-state index in [1.54, 1.807) is 19.9 Å². The van der Waals surface area contributed by atoms with Crippen LogP contribution < -0.4 is 4.74 Å². The smallest absolute Gasteiger partial charge is 0.339 e. The summed E-state index contributed by atoms with van der Waals surface area (Å²) in [5, 5.41) is 18.7. The fourth-order valence-electron chi connectivity index (χ4n) is 1.87. The van der Waals surface area contributed by atoms with Gasteiger partial charge in [-0.2, -0.15) is 5.26 Å². The van der Waals surface area contributed by atoms with Crippen molar-refractivity contribution in [1.29, 1.82) is 5.26 Å². The second-order valence-electron chi connectivity index (χ2n) is 4.42. The molecule has 0 aliphatic rings. The summed E-state index contributed by atoms with van der Waals surface area (Å²) >= 11 is 5.87. The average Bonchev–Trinajstić information content (AvgIpc) is 2.37. The number of nitrogens with zero attached hydrogens (tertiary/aromatic N) is 2. The summed E-state index contributed by atoms with van der Waals surface area (Å²) in [5.41, 5.74) is 1.58. The molecule has 0 aliphatic heterocycles. The lowest BCUT2D eigenvalue weighted by molar-refractivity contribution is 0.0694. The monoisotopic (exact) mass is 302 g/mol. The third-order valence-electron chi connectivity index (χ3n) is 2.80. The minimum Gasteiger partial charge on any atom is -0.478 e. The molecule has 1 N–H and O–H groups in total. The van der Waals surface area contributed by atoms with Crippen LogP contribution in [0.2, 0.25) is 5.02 Å². The van der Waals surface area contributed by atoms with Gasteiger partial charge in [0.05, 0.1) is 0 Å². The first kappa shape index (κ1) is 14.8. The van der Waals surface area contributed by atoms with Gasteiger partial charge in [0.15, 0.2) is 0 Å². The Balaban J connectivity index is 2.55. The van der Waals surface area contributed by atoms with Crippen LogP contribution in [0.15, 0.2) is 24.3 Å². The molecule has 1 aromatic heterocycles. The molecule has 0 aliphatic carbocycles. The Kier molecular flexibility index (Phi) is 4.10. The molecular formula is C15H11ClN2O3. The zero-order valence-corrected chi connectivity index (χ0v) is 12.1. The van der Waals surface area contributed by atoms with Crippen molar-refractivity contribution < 1.29 is 14.6 Å². The van der Waals surface area contributed by atoms with Gasteiger partial charge in [-0.05, 0) is 37.6 Å². The SMILES string of the molecule is Cc1cc(C)c(C#N)c(Oc2cc(Cl)ccc2C(=O)O)n1. The van der Waals surface area contributed by atoms with Gasteiger partial charge >= 0.3 is 5.97 Å². The highest BCUT2D eigenvalue weighted by Crippen LogP contribution is 2.30. The van der Waals surface area contributed by atoms with E-state index in [4.69, 9.17) is 21.4 Å². The van der Waals surface area contributed by atoms with Crippen molar-refractivity contribution in [3.8, 4) is 17.7 Å². The molecule has 2 aromatic rings. The average molecular weight is 303 g/mol. The quantitative estimate of drug-likeness (QED) is 0.934. The van der Waals surface area contributed by atoms with E-state index in [9.17, 15) is 10.1 Å². The van der Waals surface area contributed by atoms with Gasteiger partial charge in [-0.3, -0.25) is 0 Å². The van der Waals surface area contributed by atoms with Crippen LogP contribution in [0.5, 0.6) is 11.6 Å². The summed E-state index contributed by atoms with van der Waals surface area (Å²) in [6.45, 7) is 3.52. The summed E-state index contributed by atoms with van der Waals surface area (Å²) in [5.74, 6) is -1.03. The first-order valence-electron chi connectivity index (χ1n) is 6.01. The van der Waals surface area contributed by atoms with Gasteiger partial charge in [-0.1, -0.05) is 11.6 Å².